The van der Waals surface area contributed by atoms with Gasteiger partial charge in [0.1, 0.15) is 18.1 Å². The van der Waals surface area contributed by atoms with E-state index in [9.17, 15) is 29.1 Å². The minimum atomic E-state index is -1.18. The van der Waals surface area contributed by atoms with Gasteiger partial charge in [0.15, 0.2) is 0 Å². The Hall–Kier alpha value is -2.93. The number of carboxylic acids is 1. The molecule has 11 N–H and O–H groups in total. The van der Waals surface area contributed by atoms with Gasteiger partial charge in [0.2, 0.25) is 17.7 Å². The van der Waals surface area contributed by atoms with Gasteiger partial charge < -0.3 is 43.6 Å². The normalized spacial score (nSPS) is 14.5. The van der Waals surface area contributed by atoms with Crippen molar-refractivity contribution in [3.8, 4) is 0 Å². The van der Waals surface area contributed by atoms with Gasteiger partial charge in [-0.1, -0.05) is 27.7 Å². The molecule has 202 valence electrons. The number of carboxylic acid groups (broad SMARTS) is 1. The van der Waals surface area contributed by atoms with E-state index in [0.717, 1.165) is 0 Å². The lowest BCUT2D eigenvalue weighted by molar-refractivity contribution is -0.142. The summed E-state index contributed by atoms with van der Waals surface area (Å²) in [6.45, 7) is 7.53. The number of amides is 5. The Morgan fingerprint density at radius 2 is 1.34 bits per heavy atom. The van der Waals surface area contributed by atoms with Crippen molar-refractivity contribution in [2.24, 2.45) is 29.0 Å². The first-order valence-electron chi connectivity index (χ1n) is 11.9. The van der Waals surface area contributed by atoms with Crippen molar-refractivity contribution < 1.29 is 29.1 Å². The molecule has 0 aliphatic carbocycles. The van der Waals surface area contributed by atoms with E-state index in [-0.39, 0.29) is 31.2 Å². The monoisotopic (exact) mass is 501 g/mol. The van der Waals surface area contributed by atoms with Gasteiger partial charge in [-0.15, -0.1) is 0 Å². The Kier molecular flexibility index (Phi) is 15.3. The Bertz CT molecular complexity index is 716. The summed E-state index contributed by atoms with van der Waals surface area (Å²) in [6, 6.07) is -4.75. The second-order valence-corrected chi connectivity index (χ2v) is 9.18. The van der Waals surface area contributed by atoms with E-state index in [1.807, 2.05) is 0 Å². The summed E-state index contributed by atoms with van der Waals surface area (Å²) in [5.74, 6) is -3.52. The summed E-state index contributed by atoms with van der Waals surface area (Å²) in [5, 5.41) is 19.5. The van der Waals surface area contributed by atoms with E-state index in [1.165, 1.54) is 0 Å². The summed E-state index contributed by atoms with van der Waals surface area (Å²) in [5.41, 5.74) is 16.4. The maximum absolute atomic E-state index is 13.1. The van der Waals surface area contributed by atoms with Crippen LogP contribution in [0.4, 0.5) is 4.79 Å². The van der Waals surface area contributed by atoms with Gasteiger partial charge in [0, 0.05) is 6.54 Å². The summed E-state index contributed by atoms with van der Waals surface area (Å²) >= 11 is 0. The molecule has 0 saturated heterocycles. The summed E-state index contributed by atoms with van der Waals surface area (Å²) in [7, 11) is 0. The molecule has 0 bridgehead atoms. The molecule has 13 heteroatoms. The Morgan fingerprint density at radius 1 is 0.771 bits per heavy atom. The zero-order valence-electron chi connectivity index (χ0n) is 21.1. The maximum Gasteiger partial charge on any atom is 0.326 e. The molecule has 0 aliphatic rings. The molecule has 0 fully saturated rings. The fraction of sp³-hybridized carbons (Fsp3) is 0.773. The third kappa shape index (κ3) is 12.9. The number of unbranched alkanes of at least 4 members (excludes halogenated alkanes) is 1. The molecule has 35 heavy (non-hydrogen) atoms. The number of primary amides is 1. The second-order valence-electron chi connectivity index (χ2n) is 9.18. The molecule has 0 aromatic rings. The highest BCUT2D eigenvalue weighted by Crippen LogP contribution is 2.08. The number of nitrogens with one attached hydrogen (secondary N) is 4. The fourth-order valence-corrected chi connectivity index (χ4v) is 3.16. The minimum Gasteiger partial charge on any atom is -0.480 e. The van der Waals surface area contributed by atoms with Crippen molar-refractivity contribution in [1.29, 1.82) is 0 Å². The van der Waals surface area contributed by atoms with E-state index in [4.69, 9.17) is 17.2 Å². The Balaban J connectivity index is 5.43. The van der Waals surface area contributed by atoms with Crippen LogP contribution in [0.1, 0.15) is 59.8 Å². The van der Waals surface area contributed by atoms with Crippen LogP contribution in [0.25, 0.3) is 0 Å². The van der Waals surface area contributed by atoms with Gasteiger partial charge in [0.05, 0.1) is 6.04 Å². The van der Waals surface area contributed by atoms with E-state index in [1.54, 1.807) is 27.7 Å². The summed E-state index contributed by atoms with van der Waals surface area (Å²) in [4.78, 5) is 60.8. The number of hydrogen-bond acceptors (Lipinski definition) is 7. The third-order valence-electron chi connectivity index (χ3n) is 5.43. The molecule has 5 amide bonds. The molecular weight excluding hydrogens is 458 g/mol. The van der Waals surface area contributed by atoms with Crippen LogP contribution in [0, 0.1) is 11.8 Å². The molecule has 0 saturated carbocycles. The van der Waals surface area contributed by atoms with E-state index < -0.39 is 53.9 Å². The maximum atomic E-state index is 13.1. The van der Waals surface area contributed by atoms with Crippen molar-refractivity contribution in [3.63, 3.8) is 0 Å². The van der Waals surface area contributed by atoms with E-state index in [0.29, 0.717) is 25.8 Å². The topological polar surface area (TPSA) is 232 Å². The zero-order valence-corrected chi connectivity index (χ0v) is 21.1. The summed E-state index contributed by atoms with van der Waals surface area (Å²) in [6.07, 6.45) is 1.81. The molecule has 0 aromatic carbocycles. The Morgan fingerprint density at radius 3 is 1.83 bits per heavy atom. The van der Waals surface area contributed by atoms with Gasteiger partial charge in [-0.3, -0.25) is 14.4 Å². The van der Waals surface area contributed by atoms with Gasteiger partial charge in [0.25, 0.3) is 0 Å². The summed E-state index contributed by atoms with van der Waals surface area (Å²) < 4.78 is 0. The van der Waals surface area contributed by atoms with Crippen LogP contribution in [-0.2, 0) is 19.2 Å². The molecule has 0 aliphatic heterocycles. The first kappa shape index (κ1) is 32.1. The number of hydrogen-bond donors (Lipinski definition) is 8. The Labute approximate surface area is 206 Å². The van der Waals surface area contributed by atoms with Crippen LogP contribution in [0.2, 0.25) is 0 Å². The largest absolute Gasteiger partial charge is 0.480 e. The predicted molar refractivity (Wildman–Crippen MR) is 131 cm³/mol. The lowest BCUT2D eigenvalue weighted by atomic mass is 10.00. The number of urea groups is 1. The van der Waals surface area contributed by atoms with Crippen molar-refractivity contribution in [2.45, 2.75) is 84.0 Å². The molecule has 0 radical (unpaired) electrons. The lowest BCUT2D eigenvalue weighted by Gasteiger charge is -2.27. The fourth-order valence-electron chi connectivity index (χ4n) is 3.16. The SMILES string of the molecule is CC(C)[C@@H](N)C(=O)N[C@H](CCCNC(N)=O)C(=O)N[C@@H](C(=O)N[C@H](CCCCN)C(=O)O)C(C)C. The standard InChI is InChI=1S/C22H43N7O6/c1-12(2)16(24)19(31)27-14(9-7-11-26-22(25)35)18(30)29-17(13(3)4)20(32)28-15(21(33)34)8-5-6-10-23/h12-17H,5-11,23-24H2,1-4H3,(H,27,31)(H,28,32)(H,29,30)(H,33,34)(H3,25,26,35)/t14-,15-,16-,17-/m1/s1. The lowest BCUT2D eigenvalue weighted by Crippen LogP contribution is -2.58. The van der Waals surface area contributed by atoms with E-state index in [2.05, 4.69) is 21.3 Å². The van der Waals surface area contributed by atoms with Crippen LogP contribution < -0.4 is 38.5 Å². The molecular formula is C22H43N7O6. The number of carbonyl (C=O) groups excluding carboxylic acids is 4. The van der Waals surface area contributed by atoms with Crippen LogP contribution in [-0.4, -0.2) is 72.1 Å². The quantitative estimate of drug-likeness (QED) is 0.112. The van der Waals surface area contributed by atoms with Crippen LogP contribution in [0.15, 0.2) is 0 Å². The third-order valence-corrected chi connectivity index (χ3v) is 5.43. The van der Waals surface area contributed by atoms with Crippen LogP contribution in [0.3, 0.4) is 0 Å². The molecule has 0 heterocycles. The molecule has 0 rings (SSSR count). The average molecular weight is 502 g/mol. The van der Waals surface area contributed by atoms with Crippen molar-refractivity contribution >= 4 is 29.7 Å². The highest BCUT2D eigenvalue weighted by Gasteiger charge is 2.32. The van der Waals surface area contributed by atoms with Gasteiger partial charge >= 0.3 is 12.0 Å². The first-order valence-corrected chi connectivity index (χ1v) is 11.9. The number of rotatable bonds is 17. The smallest absolute Gasteiger partial charge is 0.326 e. The molecule has 4 atom stereocenters. The number of carbonyl (C=O) groups is 5. The van der Waals surface area contributed by atoms with E-state index >= 15 is 0 Å². The molecule has 13 nitrogen and oxygen atoms in total. The molecule has 0 aromatic heterocycles. The van der Waals surface area contributed by atoms with Crippen LogP contribution >= 0.6 is 0 Å². The highest BCUT2D eigenvalue weighted by molar-refractivity contribution is 5.94. The van der Waals surface area contributed by atoms with Gasteiger partial charge in [-0.05, 0) is 50.5 Å². The minimum absolute atomic E-state index is 0.145. The van der Waals surface area contributed by atoms with Crippen molar-refractivity contribution in [2.75, 3.05) is 13.1 Å². The van der Waals surface area contributed by atoms with Crippen LogP contribution in [0.5, 0.6) is 0 Å². The van der Waals surface area contributed by atoms with Crippen molar-refractivity contribution in [1.82, 2.24) is 21.3 Å². The zero-order chi connectivity index (χ0) is 27.1. The predicted octanol–water partition coefficient (Wildman–Crippen LogP) is -1.26. The van der Waals surface area contributed by atoms with Gasteiger partial charge in [-0.2, -0.15) is 0 Å². The number of aliphatic carboxylic acids is 1. The van der Waals surface area contributed by atoms with Gasteiger partial charge in [-0.25, -0.2) is 9.59 Å². The van der Waals surface area contributed by atoms with Crippen molar-refractivity contribution in [3.05, 3.63) is 0 Å². The molecule has 0 spiro atoms. The average Bonchev–Trinajstić information content (AvgIpc) is 2.77. The number of nitrogens with two attached hydrogens (primary N) is 3. The second kappa shape index (κ2) is 16.7. The highest BCUT2D eigenvalue weighted by atomic mass is 16.4. The first-order chi connectivity index (χ1) is 16.3. The molecule has 0 unspecified atom stereocenters.